The van der Waals surface area contributed by atoms with Gasteiger partial charge in [0.25, 0.3) is 0 Å². The number of fused-ring (bicyclic) bond motifs is 3. The van der Waals surface area contributed by atoms with E-state index in [1.165, 1.54) is 23.3 Å². The van der Waals surface area contributed by atoms with Crippen LogP contribution in [0.3, 0.4) is 0 Å². The Morgan fingerprint density at radius 3 is 2.93 bits per heavy atom. The van der Waals surface area contributed by atoms with Gasteiger partial charge in [-0.05, 0) is 63.0 Å². The molecule has 0 bridgehead atoms. The van der Waals surface area contributed by atoms with E-state index in [-0.39, 0.29) is 17.9 Å². The zero-order valence-corrected chi connectivity index (χ0v) is 18.5. The maximum absolute atomic E-state index is 11.6. The molecule has 1 saturated heterocycles. The normalized spacial score (nSPS) is 29.8. The second-order valence-corrected chi connectivity index (χ2v) is 10.1. The number of nitrogens with two attached hydrogens (primary N) is 1. The SMILES string of the molecule is C[C@@H]1CN([C@H]2CC[C@H](Oc3ccnc4sc5c(c34)[C@@H](CC(N)=O)CC5)CC2)CCO1. The van der Waals surface area contributed by atoms with E-state index in [0.717, 1.165) is 61.3 Å². The van der Waals surface area contributed by atoms with Crippen LogP contribution < -0.4 is 10.5 Å². The van der Waals surface area contributed by atoms with Crippen molar-refractivity contribution in [2.24, 2.45) is 5.73 Å². The Morgan fingerprint density at radius 2 is 2.17 bits per heavy atom. The molecule has 0 spiro atoms. The number of nitrogens with zero attached hydrogens (tertiary/aromatic N) is 2. The molecule has 3 heterocycles. The highest BCUT2D eigenvalue weighted by Crippen LogP contribution is 2.48. The molecule has 5 rings (SSSR count). The van der Waals surface area contributed by atoms with Crippen molar-refractivity contribution in [1.82, 2.24) is 9.88 Å². The summed E-state index contributed by atoms with van der Waals surface area (Å²) in [5.41, 5.74) is 6.79. The maximum Gasteiger partial charge on any atom is 0.218 e. The van der Waals surface area contributed by atoms with Crippen LogP contribution in [0.4, 0.5) is 0 Å². The topological polar surface area (TPSA) is 77.7 Å². The number of hydrogen-bond acceptors (Lipinski definition) is 6. The van der Waals surface area contributed by atoms with Crippen molar-refractivity contribution in [3.05, 3.63) is 22.7 Å². The molecule has 30 heavy (non-hydrogen) atoms. The molecule has 0 unspecified atom stereocenters. The van der Waals surface area contributed by atoms with E-state index in [9.17, 15) is 4.79 Å². The molecule has 162 valence electrons. The first-order valence-electron chi connectivity index (χ1n) is 11.3. The molecule has 1 aliphatic heterocycles. The van der Waals surface area contributed by atoms with Crippen molar-refractivity contribution in [1.29, 1.82) is 0 Å². The number of primary amides is 1. The Bertz CT molecular complexity index is 922. The third-order valence-corrected chi connectivity index (χ3v) is 8.14. The molecule has 1 saturated carbocycles. The van der Waals surface area contributed by atoms with E-state index in [2.05, 4.69) is 16.8 Å². The molecular weight excluding hydrogens is 398 g/mol. The lowest BCUT2D eigenvalue weighted by molar-refractivity contribution is -0.118. The van der Waals surface area contributed by atoms with Gasteiger partial charge < -0.3 is 15.2 Å². The predicted octanol–water partition coefficient (Wildman–Crippen LogP) is 3.61. The van der Waals surface area contributed by atoms with Crippen LogP contribution in [0, 0.1) is 0 Å². The molecule has 2 aromatic rings. The van der Waals surface area contributed by atoms with Crippen LogP contribution in [0.15, 0.2) is 12.3 Å². The average Bonchev–Trinajstić information content (AvgIpc) is 3.28. The minimum Gasteiger partial charge on any atom is -0.490 e. The molecule has 2 fully saturated rings. The number of aryl methyl sites for hydroxylation is 1. The van der Waals surface area contributed by atoms with E-state index >= 15 is 0 Å². The molecule has 2 aliphatic carbocycles. The number of ether oxygens (including phenoxy) is 2. The zero-order chi connectivity index (χ0) is 20.7. The van der Waals surface area contributed by atoms with Gasteiger partial charge >= 0.3 is 0 Å². The Labute approximate surface area is 181 Å². The van der Waals surface area contributed by atoms with Gasteiger partial charge in [-0.15, -0.1) is 11.3 Å². The highest BCUT2D eigenvalue weighted by atomic mass is 32.1. The van der Waals surface area contributed by atoms with Gasteiger partial charge in [-0.25, -0.2) is 4.98 Å². The van der Waals surface area contributed by atoms with Crippen LogP contribution in [0.2, 0.25) is 0 Å². The highest BCUT2D eigenvalue weighted by Gasteiger charge is 2.32. The fraction of sp³-hybridized carbons (Fsp3) is 0.652. The van der Waals surface area contributed by atoms with Crippen molar-refractivity contribution >= 4 is 27.5 Å². The first kappa shape index (κ1) is 20.2. The number of rotatable bonds is 5. The summed E-state index contributed by atoms with van der Waals surface area (Å²) < 4.78 is 12.3. The highest BCUT2D eigenvalue weighted by molar-refractivity contribution is 7.19. The molecule has 2 atom stereocenters. The van der Waals surface area contributed by atoms with Crippen molar-refractivity contribution in [2.45, 2.75) is 76.0 Å². The molecule has 2 N–H and O–H groups in total. The Balaban J connectivity index is 1.30. The summed E-state index contributed by atoms with van der Waals surface area (Å²) in [4.78, 5) is 21.2. The van der Waals surface area contributed by atoms with Gasteiger partial charge in [-0.2, -0.15) is 0 Å². The average molecular weight is 430 g/mol. The molecule has 6 nitrogen and oxygen atoms in total. The van der Waals surface area contributed by atoms with Gasteiger partial charge in [0.2, 0.25) is 5.91 Å². The summed E-state index contributed by atoms with van der Waals surface area (Å²) in [7, 11) is 0. The van der Waals surface area contributed by atoms with E-state index in [4.69, 9.17) is 15.2 Å². The van der Waals surface area contributed by atoms with Crippen molar-refractivity contribution in [3.63, 3.8) is 0 Å². The van der Waals surface area contributed by atoms with Gasteiger partial charge in [0.15, 0.2) is 0 Å². The molecule has 3 aliphatic rings. The molecule has 0 aromatic carbocycles. The van der Waals surface area contributed by atoms with Crippen LogP contribution in [0.25, 0.3) is 10.2 Å². The molecular formula is C23H31N3O3S. The van der Waals surface area contributed by atoms with Crippen molar-refractivity contribution < 1.29 is 14.3 Å². The lowest BCUT2D eigenvalue weighted by atomic mass is 9.91. The van der Waals surface area contributed by atoms with E-state index in [1.54, 1.807) is 11.3 Å². The van der Waals surface area contributed by atoms with Crippen LogP contribution >= 0.6 is 11.3 Å². The zero-order valence-electron chi connectivity index (χ0n) is 17.6. The fourth-order valence-corrected chi connectivity index (χ4v) is 6.82. The number of hydrogen-bond donors (Lipinski definition) is 1. The summed E-state index contributed by atoms with van der Waals surface area (Å²) in [6, 6.07) is 2.66. The first-order chi connectivity index (χ1) is 14.6. The smallest absolute Gasteiger partial charge is 0.218 e. The van der Waals surface area contributed by atoms with Crippen LogP contribution in [0.1, 0.15) is 61.8 Å². The monoisotopic (exact) mass is 429 g/mol. The number of aromatic nitrogens is 1. The number of morpholine rings is 1. The standard InChI is InChI=1S/C23H31N3O3S/c1-14-13-26(10-11-28-14)16-3-5-17(6-4-16)29-18-8-9-25-23-22(18)21-15(12-20(24)27)2-7-19(21)30-23/h8-9,14-17H,2-7,10-13H2,1H3,(H2,24,27)/t14-,15-,16-,17-/m1/s1. The van der Waals surface area contributed by atoms with E-state index < -0.39 is 0 Å². The second-order valence-electron chi connectivity index (χ2n) is 9.06. The number of amides is 1. The van der Waals surface area contributed by atoms with Gasteiger partial charge in [-0.3, -0.25) is 9.69 Å². The summed E-state index contributed by atoms with van der Waals surface area (Å²) in [6.45, 7) is 5.11. The summed E-state index contributed by atoms with van der Waals surface area (Å²) in [5, 5.41) is 1.13. The third kappa shape index (κ3) is 3.95. The summed E-state index contributed by atoms with van der Waals surface area (Å²) in [5.74, 6) is 0.920. The Hall–Kier alpha value is -1.70. The van der Waals surface area contributed by atoms with Crippen molar-refractivity contribution in [2.75, 3.05) is 19.7 Å². The number of carbonyl (C=O) groups is 1. The quantitative estimate of drug-likeness (QED) is 0.786. The number of carbonyl (C=O) groups excluding carboxylic acids is 1. The maximum atomic E-state index is 11.6. The van der Waals surface area contributed by atoms with Crippen LogP contribution in [0.5, 0.6) is 5.75 Å². The largest absolute Gasteiger partial charge is 0.490 e. The van der Waals surface area contributed by atoms with Gasteiger partial charge in [0.1, 0.15) is 10.6 Å². The molecule has 1 amide bonds. The second kappa shape index (κ2) is 8.44. The van der Waals surface area contributed by atoms with Gasteiger partial charge in [0.05, 0.1) is 24.2 Å². The van der Waals surface area contributed by atoms with E-state index in [0.29, 0.717) is 18.6 Å². The lowest BCUT2D eigenvalue weighted by Gasteiger charge is -2.40. The Kier molecular flexibility index (Phi) is 5.69. The lowest BCUT2D eigenvalue weighted by Crippen LogP contribution is -2.48. The minimum absolute atomic E-state index is 0.205. The summed E-state index contributed by atoms with van der Waals surface area (Å²) in [6.07, 6.45) is 9.38. The summed E-state index contributed by atoms with van der Waals surface area (Å²) >= 11 is 1.75. The molecule has 0 radical (unpaired) electrons. The third-order valence-electron chi connectivity index (χ3n) is 6.97. The van der Waals surface area contributed by atoms with Gasteiger partial charge in [0, 0.05) is 36.6 Å². The number of pyridine rings is 1. The Morgan fingerprint density at radius 1 is 1.33 bits per heavy atom. The van der Waals surface area contributed by atoms with Gasteiger partial charge in [-0.1, -0.05) is 0 Å². The van der Waals surface area contributed by atoms with E-state index in [1.807, 2.05) is 12.3 Å². The number of thiophene rings is 1. The van der Waals surface area contributed by atoms with Crippen LogP contribution in [-0.4, -0.2) is 53.7 Å². The minimum atomic E-state index is -0.227. The first-order valence-corrected chi connectivity index (χ1v) is 12.1. The predicted molar refractivity (Wildman–Crippen MR) is 118 cm³/mol. The molecule has 2 aromatic heterocycles. The van der Waals surface area contributed by atoms with Crippen molar-refractivity contribution in [3.8, 4) is 5.75 Å². The molecule has 7 heteroatoms. The fourth-order valence-electron chi connectivity index (χ4n) is 5.56. The van der Waals surface area contributed by atoms with Crippen LogP contribution in [-0.2, 0) is 16.0 Å².